The summed E-state index contributed by atoms with van der Waals surface area (Å²) >= 11 is 0. The highest BCUT2D eigenvalue weighted by Gasteiger charge is 2.54. The molecule has 266 valence electrons. The predicted octanol–water partition coefficient (Wildman–Crippen LogP) is -1.62. The van der Waals surface area contributed by atoms with E-state index in [1.807, 2.05) is 0 Å². The third kappa shape index (κ3) is 6.65. The van der Waals surface area contributed by atoms with Crippen LogP contribution in [0.4, 0.5) is 0 Å². The van der Waals surface area contributed by atoms with E-state index < -0.39 is 84.5 Å². The quantitative estimate of drug-likeness (QED) is 0.118. The van der Waals surface area contributed by atoms with E-state index in [1.54, 1.807) is 0 Å². The maximum atomic E-state index is 13.1. The van der Waals surface area contributed by atoms with Crippen LogP contribution in [-0.4, -0.2) is 136 Å². The van der Waals surface area contributed by atoms with Crippen LogP contribution in [0.5, 0.6) is 28.7 Å². The van der Waals surface area contributed by atoms with E-state index in [0.717, 1.165) is 18.2 Å². The predicted molar refractivity (Wildman–Crippen MR) is 157 cm³/mol. The molecule has 0 saturated carbocycles. The molecule has 10 unspecified atom stereocenters. The van der Waals surface area contributed by atoms with Crippen LogP contribution in [0.3, 0.4) is 0 Å². The molecule has 5 rings (SSSR count). The molecular formula is C30H32O19. The third-order valence-electron chi connectivity index (χ3n) is 7.88. The Morgan fingerprint density at radius 3 is 1.84 bits per heavy atom. The van der Waals surface area contributed by atoms with Crippen molar-refractivity contribution < 1.29 is 88.0 Å². The maximum Gasteiger partial charge on any atom is 0.335 e. The Morgan fingerprint density at radius 2 is 1.29 bits per heavy atom. The second-order valence-corrected chi connectivity index (χ2v) is 10.9. The molecular weight excluding hydrogens is 664 g/mol. The number of aliphatic hydroxyl groups is 5. The van der Waals surface area contributed by atoms with E-state index >= 15 is 0 Å². The molecule has 49 heavy (non-hydrogen) atoms. The topological polar surface area (TPSA) is 291 Å². The average Bonchev–Trinajstić information content (AvgIpc) is 3.06. The number of benzene rings is 2. The first kappa shape index (κ1) is 35.6. The standard InChI is InChI=1S/C30H32O19/c1-42-15-4-9(5-16(43-2)23(15)44-3)13-8-12(32)17-11(31)6-10(7-14(17)46-13)45-30-26(21(36)20(35)25(48-30)28(40)41)49-29-22(37)18(33)19(34)24(47-29)27(38)39/h4-8,18-22,24-26,29-31,33-37H,1-3H3,(H,38,39)(H,40,41). The minimum atomic E-state index is -2.17. The molecule has 3 heterocycles. The summed E-state index contributed by atoms with van der Waals surface area (Å²) in [7, 11) is 4.16. The molecule has 0 bridgehead atoms. The molecule has 2 saturated heterocycles. The van der Waals surface area contributed by atoms with Crippen molar-refractivity contribution in [3.8, 4) is 40.1 Å². The van der Waals surface area contributed by atoms with Crippen LogP contribution in [0.1, 0.15) is 0 Å². The molecule has 2 fully saturated rings. The van der Waals surface area contributed by atoms with Crippen molar-refractivity contribution in [2.45, 2.75) is 61.4 Å². The van der Waals surface area contributed by atoms with Crippen molar-refractivity contribution in [2.24, 2.45) is 0 Å². The van der Waals surface area contributed by atoms with Crippen LogP contribution >= 0.6 is 0 Å². The summed E-state index contributed by atoms with van der Waals surface area (Å²) < 4.78 is 43.6. The number of carboxylic acids is 2. The maximum absolute atomic E-state index is 13.1. The van der Waals surface area contributed by atoms with E-state index in [2.05, 4.69) is 0 Å². The van der Waals surface area contributed by atoms with Crippen molar-refractivity contribution >= 4 is 22.9 Å². The van der Waals surface area contributed by atoms with Crippen LogP contribution in [0.2, 0.25) is 0 Å². The van der Waals surface area contributed by atoms with Crippen molar-refractivity contribution in [2.75, 3.05) is 21.3 Å². The molecule has 8 N–H and O–H groups in total. The molecule has 0 spiro atoms. The van der Waals surface area contributed by atoms with E-state index in [-0.39, 0.29) is 39.7 Å². The van der Waals surface area contributed by atoms with Crippen molar-refractivity contribution in [3.63, 3.8) is 0 Å². The molecule has 19 nitrogen and oxygen atoms in total. The van der Waals surface area contributed by atoms with E-state index in [9.17, 15) is 55.2 Å². The molecule has 19 heteroatoms. The van der Waals surface area contributed by atoms with Gasteiger partial charge >= 0.3 is 11.9 Å². The first-order valence-corrected chi connectivity index (χ1v) is 14.3. The minimum Gasteiger partial charge on any atom is -0.507 e. The summed E-state index contributed by atoms with van der Waals surface area (Å²) in [6.45, 7) is 0. The summed E-state index contributed by atoms with van der Waals surface area (Å²) in [5.41, 5.74) is -0.643. The zero-order chi connectivity index (χ0) is 35.9. The number of rotatable bonds is 10. The summed E-state index contributed by atoms with van der Waals surface area (Å²) in [6, 6.07) is 6.12. The van der Waals surface area contributed by atoms with Gasteiger partial charge in [0.05, 0.1) is 21.3 Å². The Hall–Kier alpha value is -4.73. The molecule has 2 aliphatic rings. The number of phenols is 1. The van der Waals surface area contributed by atoms with Gasteiger partial charge in [-0.25, -0.2) is 9.59 Å². The van der Waals surface area contributed by atoms with Gasteiger partial charge in [-0.2, -0.15) is 0 Å². The molecule has 2 aromatic carbocycles. The average molecular weight is 697 g/mol. The van der Waals surface area contributed by atoms with Gasteiger partial charge in [0.1, 0.15) is 58.7 Å². The second-order valence-electron chi connectivity index (χ2n) is 10.9. The number of carboxylic acid groups (broad SMARTS) is 2. The summed E-state index contributed by atoms with van der Waals surface area (Å²) in [6.07, 6.45) is -20.9. The minimum absolute atomic E-state index is 0.0231. The Morgan fingerprint density at radius 1 is 0.714 bits per heavy atom. The van der Waals surface area contributed by atoms with E-state index in [0.29, 0.717) is 5.56 Å². The van der Waals surface area contributed by atoms with Gasteiger partial charge in [0.2, 0.25) is 12.0 Å². The monoisotopic (exact) mass is 696 g/mol. The fourth-order valence-electron chi connectivity index (χ4n) is 5.41. The fourth-order valence-corrected chi connectivity index (χ4v) is 5.41. The molecule has 10 atom stereocenters. The lowest BCUT2D eigenvalue weighted by atomic mass is 9.97. The SMILES string of the molecule is COc1cc(-c2cc(=O)c3c(O)cc(OC4OC(C(=O)O)C(O)C(O)C4OC4OC(C(=O)O)C(O)C(O)C4O)cc3o2)cc(OC)c1OC. The zero-order valence-corrected chi connectivity index (χ0v) is 25.7. The molecule has 0 aliphatic carbocycles. The van der Waals surface area contributed by atoms with Gasteiger partial charge in [-0.3, -0.25) is 4.79 Å². The lowest BCUT2D eigenvalue weighted by molar-refractivity contribution is -0.350. The van der Waals surface area contributed by atoms with Gasteiger partial charge in [0.15, 0.2) is 41.5 Å². The number of carbonyl (C=O) groups is 2. The van der Waals surface area contributed by atoms with Crippen LogP contribution < -0.4 is 24.4 Å². The lowest BCUT2D eigenvalue weighted by Gasteiger charge is -2.44. The Balaban J connectivity index is 1.53. The molecule has 0 radical (unpaired) electrons. The summed E-state index contributed by atoms with van der Waals surface area (Å²) in [5.74, 6) is -3.79. The first-order valence-electron chi connectivity index (χ1n) is 14.3. The highest BCUT2D eigenvalue weighted by Crippen LogP contribution is 2.42. The second kappa shape index (κ2) is 14.0. The third-order valence-corrected chi connectivity index (χ3v) is 7.88. The highest BCUT2D eigenvalue weighted by molar-refractivity contribution is 5.86. The van der Waals surface area contributed by atoms with Crippen molar-refractivity contribution in [3.05, 3.63) is 40.6 Å². The van der Waals surface area contributed by atoms with E-state index in [1.165, 1.54) is 33.5 Å². The highest BCUT2D eigenvalue weighted by atomic mass is 16.8. The largest absolute Gasteiger partial charge is 0.507 e. The number of aliphatic hydroxyl groups excluding tert-OH is 5. The van der Waals surface area contributed by atoms with Crippen LogP contribution in [0.25, 0.3) is 22.3 Å². The Labute approximate surface area is 274 Å². The first-order chi connectivity index (χ1) is 23.2. The normalized spacial score (nSPS) is 30.0. The molecule has 2 aliphatic heterocycles. The van der Waals surface area contributed by atoms with Crippen molar-refractivity contribution in [1.82, 2.24) is 0 Å². The summed E-state index contributed by atoms with van der Waals surface area (Å²) in [4.78, 5) is 36.5. The number of aromatic hydroxyl groups is 1. The number of methoxy groups -OCH3 is 3. The van der Waals surface area contributed by atoms with Gasteiger partial charge in [0, 0.05) is 23.8 Å². The van der Waals surface area contributed by atoms with Gasteiger partial charge in [-0.05, 0) is 12.1 Å². The number of ether oxygens (including phenoxy) is 7. The number of phenolic OH excluding ortho intramolecular Hbond substituents is 1. The Bertz CT molecular complexity index is 1750. The Kier molecular flexibility index (Phi) is 10.2. The number of aliphatic carboxylic acids is 2. The molecule has 1 aromatic heterocycles. The number of hydrogen-bond acceptors (Lipinski definition) is 17. The fraction of sp³-hybridized carbons (Fsp3) is 0.433. The summed E-state index contributed by atoms with van der Waals surface area (Å²) in [5, 5.41) is 81.4. The van der Waals surface area contributed by atoms with Crippen molar-refractivity contribution in [1.29, 1.82) is 0 Å². The smallest absolute Gasteiger partial charge is 0.335 e. The van der Waals surface area contributed by atoms with Crippen LogP contribution in [0, 0.1) is 0 Å². The van der Waals surface area contributed by atoms with Gasteiger partial charge in [0.25, 0.3) is 0 Å². The lowest BCUT2D eigenvalue weighted by Crippen LogP contribution is -2.66. The number of hydrogen-bond donors (Lipinski definition) is 8. The van der Waals surface area contributed by atoms with Gasteiger partial charge < -0.3 is 78.4 Å². The molecule has 3 aromatic rings. The van der Waals surface area contributed by atoms with Crippen LogP contribution in [-0.2, 0) is 23.8 Å². The van der Waals surface area contributed by atoms with E-state index in [4.69, 9.17) is 37.6 Å². The zero-order valence-electron chi connectivity index (χ0n) is 25.7. The van der Waals surface area contributed by atoms with Gasteiger partial charge in [-0.1, -0.05) is 0 Å². The molecule has 0 amide bonds. The van der Waals surface area contributed by atoms with Crippen LogP contribution in [0.15, 0.2) is 39.5 Å². The van der Waals surface area contributed by atoms with Gasteiger partial charge in [-0.15, -0.1) is 0 Å². The number of fused-ring (bicyclic) bond motifs is 1.